The summed E-state index contributed by atoms with van der Waals surface area (Å²) in [6.07, 6.45) is 7.63. The third kappa shape index (κ3) is 4.52. The number of benzene rings is 2. The highest BCUT2D eigenvalue weighted by molar-refractivity contribution is 5.49. The minimum Gasteiger partial charge on any atom is -0.150 e. The zero-order valence-electron chi connectivity index (χ0n) is 12.9. The van der Waals surface area contributed by atoms with Crippen molar-refractivity contribution in [3.8, 4) is 0 Å². The molecule has 0 fully saturated rings. The van der Waals surface area contributed by atoms with E-state index in [2.05, 4.69) is 35.5 Å². The highest BCUT2D eigenvalue weighted by Gasteiger charge is 2.02. The number of allylic oxidation sites excluding steroid dienone is 2. The zero-order chi connectivity index (χ0) is 15.6. The van der Waals surface area contributed by atoms with E-state index in [-0.39, 0.29) is 0 Å². The van der Waals surface area contributed by atoms with Gasteiger partial charge in [0.25, 0.3) is 0 Å². The van der Waals surface area contributed by atoms with Gasteiger partial charge in [0, 0.05) is 0 Å². The average molecular weight is 290 g/mol. The molecule has 0 heterocycles. The molecule has 0 aliphatic carbocycles. The smallest absolute Gasteiger partial charge is 0.0889 e. The minimum absolute atomic E-state index is 0.933. The Bertz CT molecular complexity index is 599. The molecule has 0 amide bonds. The first-order valence-corrected chi connectivity index (χ1v) is 7.64. The molecule has 0 saturated carbocycles. The third-order valence-corrected chi connectivity index (χ3v) is 3.48. The Kier molecular flexibility index (Phi) is 6.31. The first-order chi connectivity index (χ1) is 10.8. The van der Waals surface area contributed by atoms with Crippen molar-refractivity contribution in [2.45, 2.75) is 25.7 Å². The van der Waals surface area contributed by atoms with Crippen LogP contribution in [0, 0.1) is 0 Å². The molecule has 0 saturated heterocycles. The molecule has 0 aliphatic rings. The van der Waals surface area contributed by atoms with Crippen molar-refractivity contribution in [2.24, 2.45) is 10.2 Å². The fourth-order valence-electron chi connectivity index (χ4n) is 2.26. The van der Waals surface area contributed by atoms with Gasteiger partial charge in [-0.15, -0.1) is 13.2 Å². The number of rotatable bonds is 8. The van der Waals surface area contributed by atoms with Gasteiger partial charge < -0.3 is 0 Å². The van der Waals surface area contributed by atoms with Crippen molar-refractivity contribution in [3.63, 3.8) is 0 Å². The minimum atomic E-state index is 0.933. The van der Waals surface area contributed by atoms with Crippen molar-refractivity contribution in [1.29, 1.82) is 0 Å². The largest absolute Gasteiger partial charge is 0.150 e. The SMILES string of the molecule is C=CCCc1ccccc1/N=N/c1ccccc1CCC=C. The average Bonchev–Trinajstić information content (AvgIpc) is 2.57. The third-order valence-electron chi connectivity index (χ3n) is 3.48. The second kappa shape index (κ2) is 8.73. The molecule has 0 spiro atoms. The molecule has 2 heteroatoms. The Balaban J connectivity index is 2.21. The predicted octanol–water partition coefficient (Wildman–Crippen LogP) is 6.34. The first-order valence-electron chi connectivity index (χ1n) is 7.64. The Labute approximate surface area is 132 Å². The van der Waals surface area contributed by atoms with Crippen LogP contribution < -0.4 is 0 Å². The van der Waals surface area contributed by atoms with Crippen molar-refractivity contribution in [3.05, 3.63) is 85.0 Å². The summed E-state index contributed by atoms with van der Waals surface area (Å²) >= 11 is 0. The number of azo groups is 1. The van der Waals surface area contributed by atoms with Crippen LogP contribution >= 0.6 is 0 Å². The van der Waals surface area contributed by atoms with E-state index < -0.39 is 0 Å². The first kappa shape index (κ1) is 15.9. The van der Waals surface area contributed by atoms with Gasteiger partial charge in [0.15, 0.2) is 0 Å². The summed E-state index contributed by atoms with van der Waals surface area (Å²) < 4.78 is 0. The van der Waals surface area contributed by atoms with Crippen molar-refractivity contribution >= 4 is 11.4 Å². The van der Waals surface area contributed by atoms with Crippen LogP contribution in [0.3, 0.4) is 0 Å². The number of hydrogen-bond donors (Lipinski definition) is 0. The molecule has 2 nitrogen and oxygen atoms in total. The van der Waals surface area contributed by atoms with Crippen LogP contribution in [0.1, 0.15) is 24.0 Å². The van der Waals surface area contributed by atoms with E-state index >= 15 is 0 Å². The molecule has 0 aliphatic heterocycles. The van der Waals surface area contributed by atoms with E-state index in [0.717, 1.165) is 37.1 Å². The van der Waals surface area contributed by atoms with E-state index in [0.29, 0.717) is 0 Å². The fraction of sp³-hybridized carbons (Fsp3) is 0.200. The zero-order valence-corrected chi connectivity index (χ0v) is 12.9. The summed E-state index contributed by atoms with van der Waals surface area (Å²) in [5.74, 6) is 0. The monoisotopic (exact) mass is 290 g/mol. The summed E-state index contributed by atoms with van der Waals surface area (Å²) in [6.45, 7) is 7.55. The molecule has 0 bridgehead atoms. The van der Waals surface area contributed by atoms with E-state index in [4.69, 9.17) is 0 Å². The summed E-state index contributed by atoms with van der Waals surface area (Å²) in [5.41, 5.74) is 4.27. The molecule has 0 aromatic heterocycles. The number of aryl methyl sites for hydroxylation is 2. The predicted molar refractivity (Wildman–Crippen MR) is 94.1 cm³/mol. The quantitative estimate of drug-likeness (QED) is 0.400. The number of hydrogen-bond acceptors (Lipinski definition) is 2. The van der Waals surface area contributed by atoms with Crippen LogP contribution in [0.15, 0.2) is 84.1 Å². The van der Waals surface area contributed by atoms with Crippen LogP contribution in [0.4, 0.5) is 11.4 Å². The summed E-state index contributed by atoms with van der Waals surface area (Å²) in [6, 6.07) is 16.3. The fourth-order valence-corrected chi connectivity index (χ4v) is 2.26. The van der Waals surface area contributed by atoms with Crippen molar-refractivity contribution in [1.82, 2.24) is 0 Å². The molecule has 0 unspecified atom stereocenters. The molecular weight excluding hydrogens is 268 g/mol. The van der Waals surface area contributed by atoms with Crippen molar-refractivity contribution < 1.29 is 0 Å². The standard InChI is InChI=1S/C20H22N2/c1-3-5-11-17-13-7-9-15-19(17)21-22-20-16-10-8-14-18(20)12-6-4-2/h3-4,7-10,13-16H,1-2,5-6,11-12H2/b22-21+. The van der Waals surface area contributed by atoms with Gasteiger partial charge in [0.2, 0.25) is 0 Å². The Morgan fingerprint density at radius 2 is 1.09 bits per heavy atom. The lowest BCUT2D eigenvalue weighted by molar-refractivity contribution is 0.984. The topological polar surface area (TPSA) is 24.7 Å². The van der Waals surface area contributed by atoms with Gasteiger partial charge in [0.05, 0.1) is 11.4 Å². The molecular formula is C20H22N2. The summed E-state index contributed by atoms with van der Waals surface area (Å²) in [7, 11) is 0. The lowest BCUT2D eigenvalue weighted by Gasteiger charge is -2.05. The molecule has 0 atom stereocenters. The van der Waals surface area contributed by atoms with E-state index in [9.17, 15) is 0 Å². The van der Waals surface area contributed by atoms with E-state index in [1.54, 1.807) is 0 Å². The normalized spacial score (nSPS) is 10.7. The maximum absolute atomic E-state index is 4.46. The van der Waals surface area contributed by atoms with Gasteiger partial charge in [-0.3, -0.25) is 0 Å². The number of nitrogens with zero attached hydrogens (tertiary/aromatic N) is 2. The van der Waals surface area contributed by atoms with Gasteiger partial charge >= 0.3 is 0 Å². The molecule has 0 N–H and O–H groups in total. The van der Waals surface area contributed by atoms with E-state index in [1.807, 2.05) is 48.6 Å². The molecule has 112 valence electrons. The van der Waals surface area contributed by atoms with Crippen LogP contribution in [0.5, 0.6) is 0 Å². The van der Waals surface area contributed by atoms with Crippen LogP contribution in [-0.2, 0) is 12.8 Å². The van der Waals surface area contributed by atoms with Crippen LogP contribution in [0.25, 0.3) is 0 Å². The Morgan fingerprint density at radius 1 is 0.682 bits per heavy atom. The highest BCUT2D eigenvalue weighted by atomic mass is 15.1. The Hall–Kier alpha value is -2.48. The van der Waals surface area contributed by atoms with Gasteiger partial charge in [-0.1, -0.05) is 48.6 Å². The second-order valence-electron chi connectivity index (χ2n) is 5.11. The second-order valence-corrected chi connectivity index (χ2v) is 5.11. The summed E-state index contributed by atoms with van der Waals surface area (Å²) in [4.78, 5) is 0. The Morgan fingerprint density at radius 3 is 1.50 bits per heavy atom. The van der Waals surface area contributed by atoms with Gasteiger partial charge in [-0.2, -0.15) is 10.2 Å². The maximum Gasteiger partial charge on any atom is 0.0889 e. The van der Waals surface area contributed by atoms with Crippen LogP contribution in [-0.4, -0.2) is 0 Å². The maximum atomic E-state index is 4.46. The lowest BCUT2D eigenvalue weighted by Crippen LogP contribution is -1.85. The molecule has 22 heavy (non-hydrogen) atoms. The van der Waals surface area contributed by atoms with E-state index in [1.165, 1.54) is 11.1 Å². The van der Waals surface area contributed by atoms with Gasteiger partial charge in [0.1, 0.15) is 0 Å². The highest BCUT2D eigenvalue weighted by Crippen LogP contribution is 2.26. The molecule has 2 aromatic carbocycles. The molecule has 2 aromatic rings. The lowest BCUT2D eigenvalue weighted by atomic mass is 10.1. The van der Waals surface area contributed by atoms with Crippen molar-refractivity contribution in [2.75, 3.05) is 0 Å². The summed E-state index contributed by atoms with van der Waals surface area (Å²) in [5, 5.41) is 8.93. The van der Waals surface area contributed by atoms with Gasteiger partial charge in [-0.05, 0) is 48.9 Å². The van der Waals surface area contributed by atoms with Crippen LogP contribution in [0.2, 0.25) is 0 Å². The van der Waals surface area contributed by atoms with Gasteiger partial charge in [-0.25, -0.2) is 0 Å². The molecule has 2 rings (SSSR count). The molecule has 0 radical (unpaired) electrons.